The molecule has 210 valence electrons. The molecule has 3 heterocycles. The SMILES string of the molecule is COc1cc(Nc2nncn2[C@H]2CCc3sc(CC(=O)C4CC4)c(S(=O)(=O)CC4CC(F)(F)C4)c3C2)n(C)n1. The quantitative estimate of drug-likeness (QED) is 0.383. The summed E-state index contributed by atoms with van der Waals surface area (Å²) >= 11 is 1.40. The number of rotatable bonds is 10. The predicted octanol–water partition coefficient (Wildman–Crippen LogP) is 3.90. The molecule has 3 aromatic heterocycles. The number of ketones is 1. The second kappa shape index (κ2) is 9.65. The second-order valence-electron chi connectivity index (χ2n) is 10.9. The first-order valence-corrected chi connectivity index (χ1v) is 15.5. The summed E-state index contributed by atoms with van der Waals surface area (Å²) in [6, 6.07) is 1.60. The average molecular weight is 581 g/mol. The molecule has 0 unspecified atom stereocenters. The maximum atomic E-state index is 13.7. The second-order valence-corrected chi connectivity index (χ2v) is 14.0. The normalized spacial score (nSPS) is 20.9. The summed E-state index contributed by atoms with van der Waals surface area (Å²) in [5.74, 6) is -2.04. The first-order chi connectivity index (χ1) is 18.5. The van der Waals surface area contributed by atoms with Gasteiger partial charge in [-0.2, -0.15) is 0 Å². The molecule has 0 aromatic carbocycles. The number of thiophene rings is 1. The molecule has 3 aliphatic carbocycles. The van der Waals surface area contributed by atoms with E-state index in [4.69, 9.17) is 4.74 Å². The predicted molar refractivity (Wildman–Crippen MR) is 140 cm³/mol. The lowest BCUT2D eigenvalue weighted by molar-refractivity contribution is -0.119. The van der Waals surface area contributed by atoms with Crippen molar-refractivity contribution in [3.8, 4) is 5.88 Å². The van der Waals surface area contributed by atoms with E-state index < -0.39 is 34.5 Å². The van der Waals surface area contributed by atoms with Gasteiger partial charge in [0.1, 0.15) is 17.9 Å². The number of methoxy groups -OCH3 is 1. The fourth-order valence-electron chi connectivity index (χ4n) is 5.69. The summed E-state index contributed by atoms with van der Waals surface area (Å²) in [6.45, 7) is 0. The minimum absolute atomic E-state index is 0.00837. The molecule has 2 fully saturated rings. The molecular formula is C25H30F2N6O4S2. The Kier molecular flexibility index (Phi) is 6.52. The Morgan fingerprint density at radius 3 is 2.72 bits per heavy atom. The number of carbonyl (C=O) groups excluding carboxylic acids is 1. The molecule has 0 bridgehead atoms. The van der Waals surface area contributed by atoms with Gasteiger partial charge in [-0.15, -0.1) is 26.6 Å². The highest BCUT2D eigenvalue weighted by molar-refractivity contribution is 7.91. The lowest BCUT2D eigenvalue weighted by Crippen LogP contribution is -2.39. The minimum atomic E-state index is -3.86. The van der Waals surface area contributed by atoms with Gasteiger partial charge in [-0.1, -0.05) is 0 Å². The van der Waals surface area contributed by atoms with Gasteiger partial charge in [0.05, 0.1) is 17.8 Å². The van der Waals surface area contributed by atoms with Crippen LogP contribution in [0, 0.1) is 11.8 Å². The Morgan fingerprint density at radius 1 is 1.28 bits per heavy atom. The van der Waals surface area contributed by atoms with Crippen LogP contribution < -0.4 is 10.1 Å². The van der Waals surface area contributed by atoms with Gasteiger partial charge in [-0.3, -0.25) is 9.36 Å². The molecule has 10 nitrogen and oxygen atoms in total. The third-order valence-electron chi connectivity index (χ3n) is 7.84. The van der Waals surface area contributed by atoms with Crippen LogP contribution in [0.3, 0.4) is 0 Å². The van der Waals surface area contributed by atoms with E-state index in [1.807, 2.05) is 4.57 Å². The Hall–Kier alpha value is -2.87. The smallest absolute Gasteiger partial charge is 0.248 e. The van der Waals surface area contributed by atoms with Crippen LogP contribution in [0.4, 0.5) is 20.5 Å². The Labute approximate surface area is 228 Å². The first-order valence-electron chi connectivity index (χ1n) is 13.0. The lowest BCUT2D eigenvalue weighted by atomic mass is 9.83. The molecule has 3 aromatic rings. The Morgan fingerprint density at radius 2 is 2.05 bits per heavy atom. The zero-order valence-corrected chi connectivity index (χ0v) is 23.3. The summed E-state index contributed by atoms with van der Waals surface area (Å²) in [5.41, 5.74) is 0.711. The molecule has 0 amide bonds. The number of nitrogens with zero attached hydrogens (tertiary/aromatic N) is 5. The van der Waals surface area contributed by atoms with Gasteiger partial charge in [0.2, 0.25) is 17.8 Å². The number of alkyl halides is 2. The zero-order valence-electron chi connectivity index (χ0n) is 21.7. The number of sulfone groups is 1. The van der Waals surface area contributed by atoms with E-state index in [0.717, 1.165) is 24.1 Å². The van der Waals surface area contributed by atoms with Crippen molar-refractivity contribution in [2.45, 2.75) is 68.2 Å². The fraction of sp³-hybridized carbons (Fsp3) is 0.600. The highest BCUT2D eigenvalue weighted by Crippen LogP contribution is 2.47. The molecule has 1 N–H and O–H groups in total. The van der Waals surface area contributed by atoms with E-state index in [-0.39, 0.29) is 34.8 Å². The van der Waals surface area contributed by atoms with Crippen LogP contribution in [0.1, 0.15) is 53.5 Å². The third-order valence-corrected chi connectivity index (χ3v) is 11.3. The van der Waals surface area contributed by atoms with Crippen LogP contribution in [0.2, 0.25) is 0 Å². The van der Waals surface area contributed by atoms with Gasteiger partial charge >= 0.3 is 0 Å². The van der Waals surface area contributed by atoms with Gasteiger partial charge in [0, 0.05) is 54.1 Å². The Bertz CT molecular complexity index is 1520. The van der Waals surface area contributed by atoms with Crippen molar-refractivity contribution in [1.29, 1.82) is 0 Å². The van der Waals surface area contributed by atoms with Gasteiger partial charge in [-0.25, -0.2) is 21.9 Å². The highest BCUT2D eigenvalue weighted by Gasteiger charge is 2.48. The third kappa shape index (κ3) is 5.20. The van der Waals surface area contributed by atoms with Gasteiger partial charge in [0.15, 0.2) is 9.84 Å². The number of fused-ring (bicyclic) bond motifs is 1. The van der Waals surface area contributed by atoms with E-state index in [0.29, 0.717) is 40.9 Å². The van der Waals surface area contributed by atoms with Crippen LogP contribution in [0.5, 0.6) is 5.88 Å². The highest BCUT2D eigenvalue weighted by atomic mass is 32.2. The fourth-order valence-corrected chi connectivity index (χ4v) is 9.54. The monoisotopic (exact) mass is 580 g/mol. The van der Waals surface area contributed by atoms with Crippen molar-refractivity contribution in [1.82, 2.24) is 24.5 Å². The van der Waals surface area contributed by atoms with Gasteiger partial charge in [-0.05, 0) is 43.6 Å². The number of Topliss-reactive ketones (excluding diaryl/α,β-unsaturated/α-hetero) is 1. The van der Waals surface area contributed by atoms with E-state index >= 15 is 0 Å². The maximum absolute atomic E-state index is 13.7. The van der Waals surface area contributed by atoms with Crippen molar-refractivity contribution in [3.05, 3.63) is 27.7 Å². The van der Waals surface area contributed by atoms with Crippen molar-refractivity contribution in [3.63, 3.8) is 0 Å². The molecule has 3 aliphatic rings. The van der Waals surface area contributed by atoms with Crippen LogP contribution in [-0.4, -0.2) is 57.5 Å². The minimum Gasteiger partial charge on any atom is -0.480 e. The topological polar surface area (TPSA) is 121 Å². The molecule has 6 rings (SSSR count). The maximum Gasteiger partial charge on any atom is 0.248 e. The summed E-state index contributed by atoms with van der Waals surface area (Å²) in [5, 5.41) is 15.8. The van der Waals surface area contributed by atoms with Crippen molar-refractivity contribution in [2.75, 3.05) is 18.2 Å². The van der Waals surface area contributed by atoms with Crippen molar-refractivity contribution < 1.29 is 26.7 Å². The molecule has 0 aliphatic heterocycles. The summed E-state index contributed by atoms with van der Waals surface area (Å²) < 4.78 is 63.1. The largest absolute Gasteiger partial charge is 0.480 e. The van der Waals surface area contributed by atoms with Gasteiger partial charge in [0.25, 0.3) is 0 Å². The molecular weight excluding hydrogens is 550 g/mol. The van der Waals surface area contributed by atoms with Crippen LogP contribution in [0.15, 0.2) is 17.3 Å². The number of nitrogens with one attached hydrogen (secondary N) is 1. The zero-order chi connectivity index (χ0) is 27.5. The molecule has 2 saturated carbocycles. The molecule has 14 heteroatoms. The summed E-state index contributed by atoms with van der Waals surface area (Å²) in [4.78, 5) is 14.5. The molecule has 0 radical (unpaired) electrons. The van der Waals surface area contributed by atoms with E-state index in [2.05, 4.69) is 20.6 Å². The molecule has 1 atom stereocenters. The number of ether oxygens (including phenoxy) is 1. The molecule has 0 spiro atoms. The van der Waals surface area contributed by atoms with Crippen LogP contribution >= 0.6 is 11.3 Å². The number of hydrogen-bond acceptors (Lipinski definition) is 9. The summed E-state index contributed by atoms with van der Waals surface area (Å²) in [6.07, 6.45) is 4.36. The molecule has 0 saturated heterocycles. The number of hydrogen-bond donors (Lipinski definition) is 1. The first kappa shape index (κ1) is 26.4. The van der Waals surface area contributed by atoms with E-state index in [1.54, 1.807) is 24.1 Å². The summed E-state index contributed by atoms with van der Waals surface area (Å²) in [7, 11) is -0.565. The van der Waals surface area contributed by atoms with Crippen molar-refractivity contribution in [2.24, 2.45) is 18.9 Å². The van der Waals surface area contributed by atoms with E-state index in [9.17, 15) is 22.0 Å². The Balaban J connectivity index is 1.30. The number of aryl methyl sites for hydroxylation is 2. The molecule has 39 heavy (non-hydrogen) atoms. The van der Waals surface area contributed by atoms with Crippen molar-refractivity contribution >= 4 is 38.7 Å². The average Bonchev–Trinajstić information content (AvgIpc) is 3.35. The number of carbonyl (C=O) groups is 1. The number of anilines is 2. The number of halogens is 2. The standard InChI is InChI=1S/C25H30F2N6O4S2/c1-32-21(9-22(31-32)37-2)29-24-30-28-13-33(24)16-5-6-19-17(7-16)23(20(38-19)8-18(34)15-3-4-15)39(35,36)12-14-10-25(26,27)11-14/h9,13-16H,3-8,10-12H2,1-2H3,(H,29,30)/t16-/m0/s1. The van der Waals surface area contributed by atoms with E-state index in [1.165, 1.54) is 18.4 Å². The lowest BCUT2D eigenvalue weighted by Gasteiger charge is -2.34. The van der Waals surface area contributed by atoms with Crippen LogP contribution in [-0.2, 0) is 40.9 Å². The number of aromatic nitrogens is 5. The van der Waals surface area contributed by atoms with Gasteiger partial charge < -0.3 is 10.1 Å². The van der Waals surface area contributed by atoms with Crippen LogP contribution in [0.25, 0.3) is 0 Å².